The summed E-state index contributed by atoms with van der Waals surface area (Å²) in [6.07, 6.45) is -7.28. The average Bonchev–Trinajstić information content (AvgIpc) is 2.69. The van der Waals surface area contributed by atoms with Gasteiger partial charge >= 0.3 is 18.9 Å². The molecule has 9 heteroatoms. The van der Waals surface area contributed by atoms with Crippen LogP contribution < -0.4 is 18.9 Å². The van der Waals surface area contributed by atoms with E-state index >= 15 is 0 Å². The monoisotopic (exact) mass is 406 g/mol. The normalized spacial score (nSPS) is 13.4. The van der Waals surface area contributed by atoms with Gasteiger partial charge in [-0.05, 0) is 11.1 Å². The first-order valence-corrected chi connectivity index (χ1v) is 8.37. The topological polar surface area (TPSA) is 44.8 Å². The number of hydrogen-bond donors (Lipinski definition) is 0. The smallest absolute Gasteiger partial charge is 0.459 e. The molecule has 0 amide bonds. The molecule has 0 aromatic heterocycles. The van der Waals surface area contributed by atoms with Crippen LogP contribution in [-0.2, 0) is 32.2 Å². The molecule has 0 radical (unpaired) electrons. The van der Waals surface area contributed by atoms with Crippen molar-refractivity contribution in [1.82, 2.24) is 0 Å². The van der Waals surface area contributed by atoms with Gasteiger partial charge in [-0.2, -0.15) is 0 Å². The van der Waals surface area contributed by atoms with Gasteiger partial charge in [0.15, 0.2) is 6.10 Å². The number of benzene rings is 2. The molecule has 2 aromatic carbocycles. The van der Waals surface area contributed by atoms with E-state index in [1.54, 1.807) is 60.7 Å². The molecule has 0 fully saturated rings. The Balaban J connectivity index is 0.00000420. The molecular weight excluding hydrogens is 387 g/mol. The van der Waals surface area contributed by atoms with Crippen LogP contribution in [0.25, 0.3) is 0 Å². The summed E-state index contributed by atoms with van der Waals surface area (Å²) in [6.45, 7) is -0.984. The van der Waals surface area contributed by atoms with Crippen LogP contribution in [0.1, 0.15) is 11.1 Å². The van der Waals surface area contributed by atoms with Crippen molar-refractivity contribution in [3.8, 4) is 0 Å². The molecule has 0 aliphatic heterocycles. The molecule has 0 aliphatic carbocycles. The number of alkyl halides is 2. The summed E-state index contributed by atoms with van der Waals surface area (Å²) < 4.78 is 68.9. The van der Waals surface area contributed by atoms with E-state index in [4.69, 9.17) is 9.47 Å². The second kappa shape index (κ2) is 12.7. The molecule has 0 spiro atoms. The minimum atomic E-state index is -4.63. The second-order valence-electron chi connectivity index (χ2n) is 5.87. The van der Waals surface area contributed by atoms with Crippen LogP contribution in [0.3, 0.4) is 0 Å². The first kappa shape index (κ1) is 25.2. The van der Waals surface area contributed by atoms with Gasteiger partial charge in [0.2, 0.25) is 5.92 Å². The van der Waals surface area contributed by atoms with Crippen molar-refractivity contribution in [2.24, 2.45) is 0 Å². The van der Waals surface area contributed by atoms with E-state index in [-0.39, 0.29) is 38.5 Å². The Morgan fingerprint density at radius 1 is 0.931 bits per heavy atom. The van der Waals surface area contributed by atoms with E-state index in [0.29, 0.717) is 5.56 Å². The predicted molar refractivity (Wildman–Crippen MR) is 92.5 cm³/mol. The number of carbonyl (C=O) groups excluding carboxylic acids is 1. The van der Waals surface area contributed by atoms with Crippen molar-refractivity contribution < 1.29 is 55.4 Å². The molecule has 0 saturated carbocycles. The van der Waals surface area contributed by atoms with E-state index in [9.17, 15) is 22.4 Å². The third kappa shape index (κ3) is 7.82. The van der Waals surface area contributed by atoms with Gasteiger partial charge in [-0.15, -0.1) is 0 Å². The zero-order chi connectivity index (χ0) is 20.4. The van der Waals surface area contributed by atoms with Crippen LogP contribution >= 0.6 is 0 Å². The molecule has 29 heavy (non-hydrogen) atoms. The van der Waals surface area contributed by atoms with Crippen LogP contribution in [0.5, 0.6) is 0 Å². The third-order valence-electron chi connectivity index (χ3n) is 3.84. The molecule has 4 nitrogen and oxygen atoms in total. The fourth-order valence-corrected chi connectivity index (χ4v) is 2.45. The Morgan fingerprint density at radius 2 is 1.45 bits per heavy atom. The molecule has 0 bridgehead atoms. The van der Waals surface area contributed by atoms with Crippen molar-refractivity contribution >= 4 is 6.47 Å². The van der Waals surface area contributed by atoms with Crippen LogP contribution in [0.4, 0.5) is 17.6 Å². The molecular formula is C20H19F4LiO4. The first-order chi connectivity index (χ1) is 13.4. The summed E-state index contributed by atoms with van der Waals surface area (Å²) in [4.78, 5) is 10.8. The van der Waals surface area contributed by atoms with Gasteiger partial charge in [-0.25, -0.2) is 8.78 Å². The van der Waals surface area contributed by atoms with Crippen LogP contribution in [0.15, 0.2) is 60.7 Å². The van der Waals surface area contributed by atoms with Crippen molar-refractivity contribution in [3.63, 3.8) is 0 Å². The number of ether oxygens (including phenoxy) is 3. The Kier molecular flexibility index (Phi) is 11.0. The summed E-state index contributed by atoms with van der Waals surface area (Å²) in [6, 6.07) is 17.0. The van der Waals surface area contributed by atoms with Crippen LogP contribution in [0.2, 0.25) is 0 Å². The molecule has 2 atom stereocenters. The van der Waals surface area contributed by atoms with E-state index < -0.39 is 31.2 Å². The van der Waals surface area contributed by atoms with Crippen molar-refractivity contribution in [3.05, 3.63) is 78.2 Å². The minimum absolute atomic E-state index is 0. The Bertz CT molecular complexity index is 704. The van der Waals surface area contributed by atoms with Crippen molar-refractivity contribution in [1.29, 1.82) is 0 Å². The molecule has 0 aliphatic rings. The number of hydrogen-bond acceptors (Lipinski definition) is 4. The SMILES string of the molecule is O=CO[C@H](COCc1ccccc1)[C@H](OCc1ccccc1)C(F)(F)[C-](F)F.[Li+]. The Morgan fingerprint density at radius 3 is 1.93 bits per heavy atom. The Labute approximate surface area is 178 Å². The van der Waals surface area contributed by atoms with Gasteiger partial charge in [0.05, 0.1) is 26.2 Å². The predicted octanol–water partition coefficient (Wildman–Crippen LogP) is 1.40. The standard InChI is InChI=1S/C20H19F4O4.Li/c21-19(22)20(23,24)18(27-12-16-9-5-2-6-10-16)17(28-14-25)13-26-11-15-7-3-1-4-8-15;/h1-10,14,17-18H,11-13H2;/q-1;+1/t17-,18+;/m1./s1. The van der Waals surface area contributed by atoms with Gasteiger partial charge in [0.25, 0.3) is 6.47 Å². The maximum atomic E-state index is 14.1. The number of carbonyl (C=O) groups is 1. The summed E-state index contributed by atoms with van der Waals surface area (Å²) in [7, 11) is 0. The molecule has 2 rings (SSSR count). The summed E-state index contributed by atoms with van der Waals surface area (Å²) >= 11 is 0. The van der Waals surface area contributed by atoms with Crippen LogP contribution in [0, 0.1) is 6.43 Å². The summed E-state index contributed by atoms with van der Waals surface area (Å²) in [5, 5.41) is 0. The van der Waals surface area contributed by atoms with Gasteiger partial charge in [0.1, 0.15) is 6.10 Å². The van der Waals surface area contributed by atoms with Crippen molar-refractivity contribution in [2.45, 2.75) is 31.3 Å². The maximum Gasteiger partial charge on any atom is 1.00 e. The molecule has 152 valence electrons. The van der Waals surface area contributed by atoms with Gasteiger partial charge < -0.3 is 23.0 Å². The van der Waals surface area contributed by atoms with Crippen LogP contribution in [-0.4, -0.2) is 31.2 Å². The zero-order valence-electron chi connectivity index (χ0n) is 15.8. The van der Waals surface area contributed by atoms with Gasteiger partial charge in [-0.3, -0.25) is 4.79 Å². The number of halogens is 4. The van der Waals surface area contributed by atoms with E-state index in [0.717, 1.165) is 5.56 Å². The maximum absolute atomic E-state index is 14.1. The Hall–Kier alpha value is -1.85. The second-order valence-corrected chi connectivity index (χ2v) is 5.87. The summed E-state index contributed by atoms with van der Waals surface area (Å²) in [5.41, 5.74) is 1.24. The number of rotatable bonds is 12. The molecule has 0 heterocycles. The molecule has 0 unspecified atom stereocenters. The third-order valence-corrected chi connectivity index (χ3v) is 3.84. The fourth-order valence-electron chi connectivity index (χ4n) is 2.45. The average molecular weight is 406 g/mol. The van der Waals surface area contributed by atoms with Crippen molar-refractivity contribution in [2.75, 3.05) is 6.61 Å². The minimum Gasteiger partial charge on any atom is -0.459 e. The zero-order valence-corrected chi connectivity index (χ0v) is 15.8. The molecule has 0 N–H and O–H groups in total. The fraction of sp³-hybridized carbons (Fsp3) is 0.300. The van der Waals surface area contributed by atoms with E-state index in [1.165, 1.54) is 0 Å². The van der Waals surface area contributed by atoms with E-state index in [2.05, 4.69) is 4.74 Å². The largest absolute Gasteiger partial charge is 1.00 e. The van der Waals surface area contributed by atoms with Gasteiger partial charge in [0, 0.05) is 0 Å². The molecule has 2 aromatic rings. The molecule has 0 saturated heterocycles. The first-order valence-electron chi connectivity index (χ1n) is 8.37. The quantitative estimate of drug-likeness (QED) is 0.231. The van der Waals surface area contributed by atoms with Gasteiger partial charge in [-0.1, -0.05) is 60.7 Å². The summed E-state index contributed by atoms with van der Waals surface area (Å²) in [5.74, 6) is -4.63. The van der Waals surface area contributed by atoms with E-state index in [1.807, 2.05) is 0 Å².